The van der Waals surface area contributed by atoms with Crippen LogP contribution < -0.4 is 5.30 Å². The zero-order chi connectivity index (χ0) is 17.0. The molecule has 128 valence electrons. The van der Waals surface area contributed by atoms with Crippen LogP contribution in [0.25, 0.3) is 11.6 Å². The van der Waals surface area contributed by atoms with E-state index in [0.717, 1.165) is 17.7 Å². The van der Waals surface area contributed by atoms with Crippen molar-refractivity contribution >= 4 is 12.9 Å². The molecule has 0 saturated carbocycles. The quantitative estimate of drug-likeness (QED) is 0.733. The summed E-state index contributed by atoms with van der Waals surface area (Å²) in [5.74, 6) is 2.17. The molecule has 0 bridgehead atoms. The Morgan fingerprint density at radius 2 is 1.96 bits per heavy atom. The molecule has 6 nitrogen and oxygen atoms in total. The normalized spacial score (nSPS) is 12.3. The molecule has 0 spiro atoms. The highest BCUT2D eigenvalue weighted by Crippen LogP contribution is 2.51. The van der Waals surface area contributed by atoms with Crippen molar-refractivity contribution in [3.8, 4) is 11.6 Å². The van der Waals surface area contributed by atoms with Gasteiger partial charge in [0.1, 0.15) is 11.1 Å². The van der Waals surface area contributed by atoms with Crippen LogP contribution in [0.3, 0.4) is 0 Å². The fourth-order valence-corrected chi connectivity index (χ4v) is 4.45. The maximum absolute atomic E-state index is 13.3. The minimum atomic E-state index is -3.46. The van der Waals surface area contributed by atoms with Gasteiger partial charge in [-0.15, -0.1) is 0 Å². The van der Waals surface area contributed by atoms with Crippen LogP contribution >= 0.6 is 7.60 Å². The number of hydrogen-bond donors (Lipinski definition) is 1. The molecule has 2 aromatic heterocycles. The van der Waals surface area contributed by atoms with E-state index in [2.05, 4.69) is 23.8 Å². The minimum absolute atomic E-state index is 0.291. The highest BCUT2D eigenvalue weighted by Gasteiger charge is 2.37. The second-order valence-electron chi connectivity index (χ2n) is 5.70. The summed E-state index contributed by atoms with van der Waals surface area (Å²) in [5, 5.41) is 0.479. The van der Waals surface area contributed by atoms with E-state index in [0.29, 0.717) is 36.0 Å². The third-order valence-electron chi connectivity index (χ3n) is 3.39. The predicted molar refractivity (Wildman–Crippen MR) is 90.1 cm³/mol. The summed E-state index contributed by atoms with van der Waals surface area (Å²) in [6, 6.07) is 0. The first-order chi connectivity index (χ1) is 10.9. The van der Waals surface area contributed by atoms with E-state index in [1.165, 1.54) is 0 Å². The lowest BCUT2D eigenvalue weighted by Gasteiger charge is -2.17. The average Bonchev–Trinajstić information content (AvgIpc) is 3.08. The van der Waals surface area contributed by atoms with Gasteiger partial charge in [0.05, 0.1) is 13.2 Å². The second-order valence-corrected chi connectivity index (χ2v) is 7.66. The summed E-state index contributed by atoms with van der Waals surface area (Å²) in [7, 11) is -3.46. The van der Waals surface area contributed by atoms with E-state index < -0.39 is 7.60 Å². The Labute approximate surface area is 137 Å². The van der Waals surface area contributed by atoms with Crippen molar-refractivity contribution in [3.05, 3.63) is 23.7 Å². The number of aromatic amines is 1. The van der Waals surface area contributed by atoms with Gasteiger partial charge >= 0.3 is 7.60 Å². The van der Waals surface area contributed by atoms with Gasteiger partial charge < -0.3 is 18.4 Å². The predicted octanol–water partition coefficient (Wildman–Crippen LogP) is 4.07. The standard InChI is InChI=1S/C16H25N2O4P/c1-6-20-23(19,21-7-2)15-12(5)13(10-11(3)4)22-14(15)16-17-8-9-18-16/h8-9,11H,6-7,10H2,1-5H3,(H,17,18). The van der Waals surface area contributed by atoms with Gasteiger partial charge in [0.15, 0.2) is 11.6 Å². The number of rotatable bonds is 8. The molecule has 0 aliphatic carbocycles. The summed E-state index contributed by atoms with van der Waals surface area (Å²) < 4.78 is 30.4. The van der Waals surface area contributed by atoms with E-state index in [9.17, 15) is 4.57 Å². The Morgan fingerprint density at radius 3 is 2.43 bits per heavy atom. The van der Waals surface area contributed by atoms with Crippen molar-refractivity contribution in [2.24, 2.45) is 5.92 Å². The lowest BCUT2D eigenvalue weighted by atomic mass is 10.1. The molecule has 0 fully saturated rings. The molecule has 0 radical (unpaired) electrons. The summed E-state index contributed by atoms with van der Waals surface area (Å²) >= 11 is 0. The van der Waals surface area contributed by atoms with Gasteiger partial charge in [-0.25, -0.2) is 4.98 Å². The van der Waals surface area contributed by atoms with Gasteiger partial charge in [-0.2, -0.15) is 0 Å². The molecular weight excluding hydrogens is 315 g/mol. The zero-order valence-corrected chi connectivity index (χ0v) is 15.3. The van der Waals surface area contributed by atoms with Crippen LogP contribution in [0.1, 0.15) is 39.0 Å². The smallest absolute Gasteiger partial charge is 0.365 e. The van der Waals surface area contributed by atoms with Crippen LogP contribution in [0.5, 0.6) is 0 Å². The van der Waals surface area contributed by atoms with Crippen LogP contribution in [-0.4, -0.2) is 23.2 Å². The zero-order valence-electron chi connectivity index (χ0n) is 14.4. The molecule has 2 rings (SSSR count). The lowest BCUT2D eigenvalue weighted by Crippen LogP contribution is -2.15. The first kappa shape index (κ1) is 18.0. The molecule has 2 aromatic rings. The summed E-state index contributed by atoms with van der Waals surface area (Å²) in [6.07, 6.45) is 4.08. The number of aromatic nitrogens is 2. The maximum Gasteiger partial charge on any atom is 0.365 e. The highest BCUT2D eigenvalue weighted by molar-refractivity contribution is 7.62. The third-order valence-corrected chi connectivity index (χ3v) is 5.68. The molecule has 0 saturated heterocycles. The van der Waals surface area contributed by atoms with E-state index in [4.69, 9.17) is 13.5 Å². The van der Waals surface area contributed by atoms with Crippen LogP contribution in [-0.2, 0) is 20.0 Å². The molecule has 0 amide bonds. The fourth-order valence-electron chi connectivity index (χ4n) is 2.50. The average molecular weight is 340 g/mol. The highest BCUT2D eigenvalue weighted by atomic mass is 31.2. The Hall–Kier alpha value is -1.36. The molecule has 7 heteroatoms. The Morgan fingerprint density at radius 1 is 1.30 bits per heavy atom. The number of nitrogens with zero attached hydrogens (tertiary/aromatic N) is 1. The second kappa shape index (κ2) is 7.47. The Balaban J connectivity index is 2.63. The Bertz CT molecular complexity index is 667. The summed E-state index contributed by atoms with van der Waals surface area (Å²) in [4.78, 5) is 7.24. The van der Waals surface area contributed by atoms with Crippen molar-refractivity contribution in [2.75, 3.05) is 13.2 Å². The van der Waals surface area contributed by atoms with E-state index in [1.54, 1.807) is 26.2 Å². The maximum atomic E-state index is 13.3. The Kier molecular flexibility index (Phi) is 5.84. The van der Waals surface area contributed by atoms with Gasteiger partial charge in [0, 0.05) is 24.4 Å². The van der Waals surface area contributed by atoms with E-state index >= 15 is 0 Å². The number of nitrogens with one attached hydrogen (secondary N) is 1. The van der Waals surface area contributed by atoms with Gasteiger partial charge in [-0.1, -0.05) is 13.8 Å². The number of imidazole rings is 1. The molecular formula is C16H25N2O4P. The SMILES string of the molecule is CCOP(=O)(OCC)c1c(-c2ncc[nH]2)oc(CC(C)C)c1C. The van der Waals surface area contributed by atoms with E-state index in [-0.39, 0.29) is 0 Å². The van der Waals surface area contributed by atoms with Crippen molar-refractivity contribution in [1.29, 1.82) is 0 Å². The van der Waals surface area contributed by atoms with Crippen LogP contribution in [0.15, 0.2) is 16.8 Å². The monoisotopic (exact) mass is 340 g/mol. The molecule has 0 aromatic carbocycles. The minimum Gasteiger partial charge on any atom is -0.457 e. The summed E-state index contributed by atoms with van der Waals surface area (Å²) in [6.45, 7) is 10.3. The largest absolute Gasteiger partial charge is 0.457 e. The molecule has 1 N–H and O–H groups in total. The van der Waals surface area contributed by atoms with Crippen molar-refractivity contribution in [1.82, 2.24) is 9.97 Å². The van der Waals surface area contributed by atoms with Crippen molar-refractivity contribution < 1.29 is 18.0 Å². The van der Waals surface area contributed by atoms with Crippen molar-refractivity contribution in [3.63, 3.8) is 0 Å². The van der Waals surface area contributed by atoms with Crippen LogP contribution in [0.2, 0.25) is 0 Å². The van der Waals surface area contributed by atoms with Crippen molar-refractivity contribution in [2.45, 2.75) is 41.0 Å². The summed E-state index contributed by atoms with van der Waals surface area (Å²) in [5.41, 5.74) is 0.815. The fraction of sp³-hybridized carbons (Fsp3) is 0.562. The van der Waals surface area contributed by atoms with Gasteiger partial charge in [0.2, 0.25) is 0 Å². The first-order valence-electron chi connectivity index (χ1n) is 7.94. The molecule has 0 unspecified atom stereocenters. The van der Waals surface area contributed by atoms with Gasteiger partial charge in [-0.05, 0) is 26.7 Å². The molecule has 0 aliphatic heterocycles. The number of furan rings is 1. The van der Waals surface area contributed by atoms with Gasteiger partial charge in [0.25, 0.3) is 0 Å². The van der Waals surface area contributed by atoms with E-state index in [1.807, 2.05) is 6.92 Å². The van der Waals surface area contributed by atoms with Crippen LogP contribution in [0, 0.1) is 12.8 Å². The topological polar surface area (TPSA) is 77.4 Å². The van der Waals surface area contributed by atoms with Crippen LogP contribution in [0.4, 0.5) is 0 Å². The lowest BCUT2D eigenvalue weighted by molar-refractivity contribution is 0.230. The first-order valence-corrected chi connectivity index (χ1v) is 9.48. The number of hydrogen-bond acceptors (Lipinski definition) is 5. The van der Waals surface area contributed by atoms with Gasteiger partial charge in [-0.3, -0.25) is 4.57 Å². The molecule has 2 heterocycles. The molecule has 0 atom stereocenters. The number of H-pyrrole nitrogens is 1. The molecule has 23 heavy (non-hydrogen) atoms. The third kappa shape index (κ3) is 3.77. The molecule has 0 aliphatic rings.